The summed E-state index contributed by atoms with van der Waals surface area (Å²) in [6.45, 7) is 9.09. The van der Waals surface area contributed by atoms with E-state index in [2.05, 4.69) is 86.3 Å². The van der Waals surface area contributed by atoms with Gasteiger partial charge in [0.25, 0.3) is 0 Å². The number of para-hydroxylation sites is 1. The number of aromatic nitrogens is 2. The highest BCUT2D eigenvalue weighted by Crippen LogP contribution is 2.41. The average molecular weight is 393 g/mol. The highest BCUT2D eigenvalue weighted by molar-refractivity contribution is 6.25. The summed E-state index contributed by atoms with van der Waals surface area (Å²) in [5, 5.41) is 6.24. The van der Waals surface area contributed by atoms with E-state index in [0.29, 0.717) is 6.04 Å². The molecule has 6 rings (SSSR count). The molecule has 0 saturated heterocycles. The van der Waals surface area contributed by atoms with Gasteiger partial charge >= 0.3 is 0 Å². The fraction of sp³-hybridized carbons (Fsp3) is 0.250. The van der Waals surface area contributed by atoms with Crippen molar-refractivity contribution in [3.05, 3.63) is 71.9 Å². The number of pyridine rings is 2. The Hall–Kier alpha value is -3.13. The van der Waals surface area contributed by atoms with Gasteiger partial charge in [-0.2, -0.15) is 0 Å². The van der Waals surface area contributed by atoms with Crippen molar-refractivity contribution in [2.45, 2.75) is 34.1 Å². The Kier molecular flexibility index (Phi) is 3.18. The molecule has 0 atom stereocenters. The van der Waals surface area contributed by atoms with Crippen LogP contribution >= 0.6 is 0 Å². The minimum absolute atomic E-state index is 0.209. The third-order valence-corrected chi connectivity index (χ3v) is 6.45. The molecule has 2 nitrogen and oxygen atoms in total. The monoisotopic (exact) mass is 392 g/mol. The smallest absolute Gasteiger partial charge is 0.224 e. The maximum Gasteiger partial charge on any atom is 0.224 e. The van der Waals surface area contributed by atoms with Gasteiger partial charge in [0, 0.05) is 16.8 Å². The molecule has 0 amide bonds. The zero-order valence-electron chi connectivity index (χ0n) is 19.3. The van der Waals surface area contributed by atoms with E-state index in [1.54, 1.807) is 0 Å². The maximum atomic E-state index is 8.78. The molecule has 0 aliphatic heterocycles. The maximum absolute atomic E-state index is 8.78. The lowest BCUT2D eigenvalue weighted by atomic mass is 9.87. The molecule has 3 aromatic carbocycles. The van der Waals surface area contributed by atoms with Gasteiger partial charge in [0.15, 0.2) is 6.20 Å². The lowest BCUT2D eigenvalue weighted by molar-refractivity contribution is -0.643. The van der Waals surface area contributed by atoms with Crippen molar-refractivity contribution in [2.24, 2.45) is 12.5 Å². The molecule has 0 bridgehead atoms. The van der Waals surface area contributed by atoms with Crippen LogP contribution in [0.1, 0.15) is 33.3 Å². The summed E-state index contributed by atoms with van der Waals surface area (Å²) < 4.78 is 13.4. The van der Waals surface area contributed by atoms with E-state index in [4.69, 9.17) is 1.37 Å². The number of nitrogens with zero attached hydrogens (tertiary/aromatic N) is 2. The molecule has 0 aliphatic carbocycles. The second kappa shape index (κ2) is 5.72. The fourth-order valence-electron chi connectivity index (χ4n) is 5.36. The van der Waals surface area contributed by atoms with Gasteiger partial charge in [-0.1, -0.05) is 57.2 Å². The van der Waals surface area contributed by atoms with Crippen molar-refractivity contribution in [3.8, 4) is 0 Å². The molecule has 0 spiro atoms. The van der Waals surface area contributed by atoms with Gasteiger partial charge in [0.05, 0.1) is 28.7 Å². The van der Waals surface area contributed by atoms with Gasteiger partial charge in [-0.3, -0.25) is 0 Å². The van der Waals surface area contributed by atoms with Gasteiger partial charge in [-0.15, -0.1) is 0 Å². The first-order valence-electron chi connectivity index (χ1n) is 11.2. The number of benzene rings is 3. The van der Waals surface area contributed by atoms with Gasteiger partial charge in [0.1, 0.15) is 7.05 Å². The zero-order chi connectivity index (χ0) is 21.7. The van der Waals surface area contributed by atoms with Gasteiger partial charge in [-0.05, 0) is 47.4 Å². The minimum atomic E-state index is 0.209. The highest BCUT2D eigenvalue weighted by atomic mass is 15.0. The summed E-state index contributed by atoms with van der Waals surface area (Å²) in [5.41, 5.74) is 7.56. The molecule has 2 heteroatoms. The summed E-state index contributed by atoms with van der Waals surface area (Å²) in [6.07, 6.45) is 3.21. The predicted molar refractivity (Wildman–Crippen MR) is 128 cm³/mol. The molecular formula is C28H27N2+. The van der Waals surface area contributed by atoms with E-state index >= 15 is 0 Å². The van der Waals surface area contributed by atoms with Gasteiger partial charge < -0.3 is 4.40 Å². The predicted octanol–water partition coefficient (Wildman–Crippen LogP) is 6.71. The normalized spacial score (nSPS) is 13.4. The van der Waals surface area contributed by atoms with Crippen molar-refractivity contribution in [2.75, 3.05) is 0 Å². The summed E-state index contributed by atoms with van der Waals surface area (Å²) in [6, 6.07) is 18.1. The molecule has 30 heavy (non-hydrogen) atoms. The van der Waals surface area contributed by atoms with E-state index in [1.165, 1.54) is 49.2 Å². The molecule has 0 saturated carbocycles. The van der Waals surface area contributed by atoms with E-state index in [-0.39, 0.29) is 5.41 Å². The van der Waals surface area contributed by atoms with Crippen molar-refractivity contribution < 1.29 is 5.94 Å². The number of fused-ring (bicyclic) bond motifs is 5. The van der Waals surface area contributed by atoms with Crippen molar-refractivity contribution in [3.63, 3.8) is 0 Å². The first kappa shape index (κ1) is 16.6. The number of aryl methyl sites for hydroxylation is 2. The summed E-state index contributed by atoms with van der Waals surface area (Å²) in [7, 11) is 2.15. The average Bonchev–Trinajstić information content (AvgIpc) is 3.03. The molecule has 0 N–H and O–H groups in total. The lowest BCUT2D eigenvalue weighted by Gasteiger charge is -2.20. The van der Waals surface area contributed by atoms with E-state index < -0.39 is 0 Å². The standard InChI is InChI=1S/C28H27N2/c1-17-10-11-21-20-8-6-7-9-22(20)30-23-15-18(16-28(2,3)4)14-19-12-13-29(5)27(25(19)23)24(17)26(21)30/h6-15H,16H2,1-5H3/q+1/i9D. The van der Waals surface area contributed by atoms with Gasteiger partial charge in [0.2, 0.25) is 5.52 Å². The van der Waals surface area contributed by atoms with Crippen LogP contribution in [0.25, 0.3) is 49.0 Å². The topological polar surface area (TPSA) is 8.29 Å². The van der Waals surface area contributed by atoms with Crippen LogP contribution < -0.4 is 4.57 Å². The van der Waals surface area contributed by atoms with Crippen LogP contribution in [0.2, 0.25) is 0 Å². The Morgan fingerprint density at radius 3 is 2.60 bits per heavy atom. The fourth-order valence-corrected chi connectivity index (χ4v) is 5.36. The Morgan fingerprint density at radius 1 is 0.967 bits per heavy atom. The minimum Gasteiger partial charge on any atom is -0.307 e. The van der Waals surface area contributed by atoms with Crippen LogP contribution in [0.4, 0.5) is 0 Å². The zero-order valence-corrected chi connectivity index (χ0v) is 18.3. The SMILES string of the molecule is [2H]c1cccc2c3ccc(C)c4c3n(c3cc(CC(C)(C)C)cc5cc[n+](C)c4c53)c12. The Morgan fingerprint density at radius 2 is 1.80 bits per heavy atom. The van der Waals surface area contributed by atoms with Crippen LogP contribution in [0.5, 0.6) is 0 Å². The summed E-state index contributed by atoms with van der Waals surface area (Å²) in [4.78, 5) is 0. The third kappa shape index (κ3) is 2.28. The van der Waals surface area contributed by atoms with Crippen LogP contribution in [-0.2, 0) is 13.5 Å². The van der Waals surface area contributed by atoms with Gasteiger partial charge in [-0.25, -0.2) is 4.57 Å². The van der Waals surface area contributed by atoms with E-state index in [1.807, 2.05) is 12.1 Å². The second-order valence-electron chi connectivity index (χ2n) is 10.0. The van der Waals surface area contributed by atoms with Crippen molar-refractivity contribution >= 4 is 49.0 Å². The van der Waals surface area contributed by atoms with E-state index in [0.717, 1.165) is 17.3 Å². The first-order chi connectivity index (χ1) is 14.7. The molecule has 0 radical (unpaired) electrons. The molecule has 0 fully saturated rings. The molecule has 3 heterocycles. The first-order valence-corrected chi connectivity index (χ1v) is 10.7. The molecule has 6 aromatic rings. The second-order valence-corrected chi connectivity index (χ2v) is 10.0. The third-order valence-electron chi connectivity index (χ3n) is 6.45. The number of hydrogen-bond acceptors (Lipinski definition) is 0. The highest BCUT2D eigenvalue weighted by Gasteiger charge is 2.24. The molecule has 148 valence electrons. The number of rotatable bonds is 1. The lowest BCUT2D eigenvalue weighted by Crippen LogP contribution is -2.29. The van der Waals surface area contributed by atoms with Crippen molar-refractivity contribution in [1.29, 1.82) is 0 Å². The summed E-state index contributed by atoms with van der Waals surface area (Å²) in [5.74, 6) is 0. The van der Waals surface area contributed by atoms with Crippen LogP contribution in [0, 0.1) is 12.3 Å². The molecule has 3 aromatic heterocycles. The van der Waals surface area contributed by atoms with Crippen LogP contribution in [0.15, 0.2) is 60.8 Å². The Balaban J connectivity index is 2.00. The largest absolute Gasteiger partial charge is 0.307 e. The van der Waals surface area contributed by atoms with Crippen molar-refractivity contribution in [1.82, 2.24) is 4.40 Å². The number of hydrogen-bond donors (Lipinski definition) is 0. The summed E-state index contributed by atoms with van der Waals surface area (Å²) >= 11 is 0. The van der Waals surface area contributed by atoms with Crippen LogP contribution in [0.3, 0.4) is 0 Å². The van der Waals surface area contributed by atoms with E-state index in [9.17, 15) is 0 Å². The Labute approximate surface area is 178 Å². The molecule has 0 aliphatic rings. The quantitative estimate of drug-likeness (QED) is 0.167. The molecule has 0 unspecified atom stereocenters. The molecular weight excluding hydrogens is 364 g/mol. The van der Waals surface area contributed by atoms with Crippen LogP contribution in [-0.4, -0.2) is 4.40 Å². The Bertz CT molecular complexity index is 1660.